The van der Waals surface area contributed by atoms with E-state index in [0.717, 1.165) is 5.56 Å². The summed E-state index contributed by atoms with van der Waals surface area (Å²) in [5, 5.41) is 0.0452. The SMILES string of the molecule is Cc1ccc(S(=O)(=O)OC[C@H]2C[C@@H](O[Si](C(C)C)C(C)(C)C)CN2C(=O)CCl)cc1. The summed E-state index contributed by atoms with van der Waals surface area (Å²) in [6, 6.07) is 6.10. The Morgan fingerprint density at radius 1 is 1.27 bits per heavy atom. The first-order chi connectivity index (χ1) is 13.8. The van der Waals surface area contributed by atoms with Crippen LogP contribution < -0.4 is 0 Å². The first-order valence-corrected chi connectivity index (χ1v) is 13.6. The van der Waals surface area contributed by atoms with Gasteiger partial charge in [0.2, 0.25) is 14.9 Å². The number of hydrogen-bond donors (Lipinski definition) is 0. The van der Waals surface area contributed by atoms with E-state index in [1.165, 1.54) is 12.1 Å². The lowest BCUT2D eigenvalue weighted by molar-refractivity contribution is -0.130. The Labute approximate surface area is 187 Å². The smallest absolute Gasteiger partial charge is 0.297 e. The van der Waals surface area contributed by atoms with E-state index in [0.29, 0.717) is 18.5 Å². The van der Waals surface area contributed by atoms with E-state index in [2.05, 4.69) is 34.6 Å². The van der Waals surface area contributed by atoms with Crippen molar-refractivity contribution in [3.63, 3.8) is 0 Å². The van der Waals surface area contributed by atoms with E-state index in [1.54, 1.807) is 17.0 Å². The van der Waals surface area contributed by atoms with Crippen molar-refractivity contribution >= 4 is 36.7 Å². The van der Waals surface area contributed by atoms with Crippen molar-refractivity contribution < 1.29 is 21.8 Å². The van der Waals surface area contributed by atoms with Gasteiger partial charge in [0.15, 0.2) is 0 Å². The predicted molar refractivity (Wildman–Crippen MR) is 121 cm³/mol. The van der Waals surface area contributed by atoms with Crippen LogP contribution in [0.2, 0.25) is 10.6 Å². The number of alkyl halides is 1. The largest absolute Gasteiger partial charge is 0.411 e. The number of carbonyl (C=O) groups is 1. The summed E-state index contributed by atoms with van der Waals surface area (Å²) in [7, 11) is -5.06. The third-order valence-electron chi connectivity index (χ3n) is 5.09. The van der Waals surface area contributed by atoms with Gasteiger partial charge in [-0.2, -0.15) is 8.42 Å². The van der Waals surface area contributed by atoms with E-state index in [-0.39, 0.29) is 34.4 Å². The van der Waals surface area contributed by atoms with E-state index < -0.39 is 25.2 Å². The summed E-state index contributed by atoms with van der Waals surface area (Å²) in [5.41, 5.74) is 1.37. The van der Waals surface area contributed by atoms with Gasteiger partial charge in [-0.05, 0) is 36.1 Å². The zero-order valence-corrected chi connectivity index (χ0v) is 21.2. The maximum atomic E-state index is 12.5. The number of nitrogens with zero attached hydrogens (tertiary/aromatic N) is 1. The lowest BCUT2D eigenvalue weighted by Gasteiger charge is -2.33. The van der Waals surface area contributed by atoms with Crippen molar-refractivity contribution in [3.05, 3.63) is 29.8 Å². The van der Waals surface area contributed by atoms with Crippen molar-refractivity contribution in [2.45, 2.75) is 75.6 Å². The van der Waals surface area contributed by atoms with Gasteiger partial charge < -0.3 is 9.33 Å². The minimum Gasteiger partial charge on any atom is -0.411 e. The lowest BCUT2D eigenvalue weighted by Crippen LogP contribution is -2.40. The highest BCUT2D eigenvalue weighted by atomic mass is 35.5. The highest BCUT2D eigenvalue weighted by Crippen LogP contribution is 2.36. The van der Waals surface area contributed by atoms with Crippen LogP contribution in [0.25, 0.3) is 0 Å². The summed E-state index contributed by atoms with van der Waals surface area (Å²) < 4.78 is 36.9. The average molecular weight is 475 g/mol. The van der Waals surface area contributed by atoms with Crippen LogP contribution in [0.5, 0.6) is 0 Å². The molecule has 6 nitrogen and oxygen atoms in total. The third-order valence-corrected chi connectivity index (χ3v) is 9.73. The Hall–Kier alpha value is -0.933. The normalized spacial score (nSPS) is 20.4. The van der Waals surface area contributed by atoms with E-state index in [1.807, 2.05) is 6.92 Å². The first kappa shape index (κ1) is 25.3. The highest BCUT2D eigenvalue weighted by Gasteiger charge is 2.41. The second kappa shape index (κ2) is 10.1. The molecule has 0 unspecified atom stereocenters. The fraction of sp³-hybridized carbons (Fsp3) is 0.667. The molecule has 169 valence electrons. The molecule has 1 heterocycles. The van der Waals surface area contributed by atoms with Crippen LogP contribution in [0.4, 0.5) is 0 Å². The Balaban J connectivity index is 2.11. The molecule has 0 saturated carbocycles. The van der Waals surface area contributed by atoms with Gasteiger partial charge in [-0.25, -0.2) is 0 Å². The molecule has 0 aromatic heterocycles. The maximum absolute atomic E-state index is 12.5. The molecular weight excluding hydrogens is 442 g/mol. The molecule has 0 aliphatic carbocycles. The molecule has 1 aliphatic heterocycles. The van der Waals surface area contributed by atoms with Crippen molar-refractivity contribution in [2.24, 2.45) is 0 Å². The van der Waals surface area contributed by atoms with Crippen LogP contribution in [-0.4, -0.2) is 59.4 Å². The molecule has 1 saturated heterocycles. The highest BCUT2D eigenvalue weighted by molar-refractivity contribution is 7.86. The molecule has 1 aromatic carbocycles. The quantitative estimate of drug-likeness (QED) is 0.322. The van der Waals surface area contributed by atoms with Gasteiger partial charge in [0, 0.05) is 6.54 Å². The van der Waals surface area contributed by atoms with Crippen molar-refractivity contribution in [1.82, 2.24) is 4.90 Å². The second-order valence-electron chi connectivity index (χ2n) is 9.13. The molecule has 1 fully saturated rings. The van der Waals surface area contributed by atoms with E-state index >= 15 is 0 Å². The van der Waals surface area contributed by atoms with E-state index in [4.69, 9.17) is 20.2 Å². The van der Waals surface area contributed by atoms with Gasteiger partial charge in [-0.1, -0.05) is 52.3 Å². The average Bonchev–Trinajstić information content (AvgIpc) is 3.06. The summed E-state index contributed by atoms with van der Waals surface area (Å²) in [4.78, 5) is 14.1. The number of carbonyl (C=O) groups excluding carboxylic acids is 1. The van der Waals surface area contributed by atoms with Crippen LogP contribution in [0, 0.1) is 6.92 Å². The summed E-state index contributed by atoms with van der Waals surface area (Å²) in [6.45, 7) is 13.0. The molecule has 2 atom stereocenters. The van der Waals surface area contributed by atoms with Gasteiger partial charge in [0.25, 0.3) is 10.1 Å². The molecule has 30 heavy (non-hydrogen) atoms. The van der Waals surface area contributed by atoms with Crippen molar-refractivity contribution in [1.29, 1.82) is 0 Å². The molecule has 1 amide bonds. The molecule has 0 bridgehead atoms. The number of hydrogen-bond acceptors (Lipinski definition) is 5. The maximum Gasteiger partial charge on any atom is 0.297 e. The first-order valence-electron chi connectivity index (χ1n) is 10.2. The number of benzene rings is 1. The molecule has 1 radical (unpaired) electrons. The zero-order valence-electron chi connectivity index (χ0n) is 18.6. The molecule has 1 aromatic rings. The van der Waals surface area contributed by atoms with Gasteiger partial charge in [0.05, 0.1) is 23.6 Å². The summed E-state index contributed by atoms with van der Waals surface area (Å²) >= 11 is 5.79. The third kappa shape index (κ3) is 6.53. The second-order valence-corrected chi connectivity index (χ2v) is 14.6. The number of aryl methyl sites for hydroxylation is 1. The lowest BCUT2D eigenvalue weighted by atomic mass is 10.2. The minimum atomic E-state index is -3.90. The number of amides is 1. The monoisotopic (exact) mass is 474 g/mol. The number of rotatable bonds is 8. The fourth-order valence-electron chi connectivity index (χ4n) is 3.80. The van der Waals surface area contributed by atoms with Crippen LogP contribution in [0.15, 0.2) is 29.2 Å². The summed E-state index contributed by atoms with van der Waals surface area (Å²) in [6.07, 6.45) is 0.381. The van der Waals surface area contributed by atoms with Crippen LogP contribution in [0.3, 0.4) is 0 Å². The Morgan fingerprint density at radius 3 is 2.37 bits per heavy atom. The molecule has 1 aliphatic rings. The predicted octanol–water partition coefficient (Wildman–Crippen LogP) is 4.13. The molecule has 9 heteroatoms. The minimum absolute atomic E-state index is 0.0452. The molecule has 2 rings (SSSR count). The van der Waals surface area contributed by atoms with Crippen LogP contribution >= 0.6 is 11.6 Å². The van der Waals surface area contributed by atoms with Gasteiger partial charge in [0.1, 0.15) is 5.88 Å². The van der Waals surface area contributed by atoms with Crippen molar-refractivity contribution in [2.75, 3.05) is 19.0 Å². The van der Waals surface area contributed by atoms with Crippen LogP contribution in [0.1, 0.15) is 46.6 Å². The fourth-order valence-corrected chi connectivity index (χ4v) is 7.78. The standard InChI is InChI=1S/C21H33ClNO5SSi/c1-15(2)30(21(4,5)6)28-18-11-17(23(13-18)20(24)12-22)14-27-29(25,26)19-9-7-16(3)8-10-19/h7-10,15,17-18H,11-14H2,1-6H3/t17-,18-/m1/s1. The Bertz CT molecular complexity index is 823. The van der Waals surface area contributed by atoms with Gasteiger partial charge in [-0.15, -0.1) is 11.6 Å². The Morgan fingerprint density at radius 2 is 1.87 bits per heavy atom. The van der Waals surface area contributed by atoms with Crippen LogP contribution in [-0.2, 0) is 23.5 Å². The van der Waals surface area contributed by atoms with Crippen molar-refractivity contribution in [3.8, 4) is 0 Å². The van der Waals surface area contributed by atoms with Gasteiger partial charge in [-0.3, -0.25) is 8.98 Å². The number of likely N-dealkylation sites (tertiary alicyclic amines) is 1. The molecule has 0 N–H and O–H groups in total. The Kier molecular flexibility index (Phi) is 8.55. The van der Waals surface area contributed by atoms with Gasteiger partial charge >= 0.3 is 0 Å². The number of halogens is 1. The topological polar surface area (TPSA) is 72.9 Å². The molecular formula is C21H33ClNO5SSi. The molecule has 0 spiro atoms. The summed E-state index contributed by atoms with van der Waals surface area (Å²) in [5.74, 6) is -0.395. The zero-order chi connectivity index (χ0) is 22.7. The van der Waals surface area contributed by atoms with E-state index in [9.17, 15) is 13.2 Å².